The molecule has 1 aromatic carbocycles. The summed E-state index contributed by atoms with van der Waals surface area (Å²) in [4.78, 5) is 0. The first-order chi connectivity index (χ1) is 7.78. The summed E-state index contributed by atoms with van der Waals surface area (Å²) in [6, 6.07) is 7.50. The smallest absolute Gasteiger partial charge is 0.130 e. The van der Waals surface area contributed by atoms with Crippen LogP contribution in [0.25, 0.3) is 0 Å². The van der Waals surface area contributed by atoms with Crippen LogP contribution in [0.3, 0.4) is 0 Å². The Balaban J connectivity index is 2.14. The molecule has 1 aliphatic rings. The standard InChI is InChI=1S/C14H19ClO2/c1-13(2)9-12(14(3,4)17-13)16-11-7-5-6-10(15)8-11/h5-8,12H,9H2,1-4H3. The zero-order chi connectivity index (χ0) is 12.7. The van der Waals surface area contributed by atoms with Gasteiger partial charge in [0.25, 0.3) is 0 Å². The van der Waals surface area contributed by atoms with Crippen molar-refractivity contribution in [1.82, 2.24) is 0 Å². The fourth-order valence-corrected chi connectivity index (χ4v) is 2.58. The number of benzene rings is 1. The SMILES string of the molecule is CC1(C)CC(Oc2cccc(Cl)c2)C(C)(C)O1. The van der Waals surface area contributed by atoms with Crippen molar-refractivity contribution in [3.8, 4) is 5.75 Å². The lowest BCUT2D eigenvalue weighted by atomic mass is 9.97. The van der Waals surface area contributed by atoms with E-state index in [2.05, 4.69) is 27.7 Å². The second-order valence-corrected chi connectivity index (χ2v) is 6.17. The molecule has 1 atom stereocenters. The summed E-state index contributed by atoms with van der Waals surface area (Å²) in [6.07, 6.45) is 0.933. The normalized spacial score (nSPS) is 25.8. The molecule has 3 heteroatoms. The molecule has 1 heterocycles. The molecular formula is C14H19ClO2. The third kappa shape index (κ3) is 2.93. The summed E-state index contributed by atoms with van der Waals surface area (Å²) in [5.41, 5.74) is -0.404. The van der Waals surface area contributed by atoms with Crippen LogP contribution in [0.4, 0.5) is 0 Å². The molecular weight excluding hydrogens is 236 g/mol. The van der Waals surface area contributed by atoms with Crippen molar-refractivity contribution in [2.45, 2.75) is 51.4 Å². The lowest BCUT2D eigenvalue weighted by molar-refractivity contribution is -0.0846. The van der Waals surface area contributed by atoms with Gasteiger partial charge in [-0.05, 0) is 45.9 Å². The maximum atomic E-state index is 6.00. The highest BCUT2D eigenvalue weighted by Gasteiger charge is 2.47. The van der Waals surface area contributed by atoms with E-state index in [0.717, 1.165) is 12.2 Å². The van der Waals surface area contributed by atoms with Crippen LogP contribution in [-0.4, -0.2) is 17.3 Å². The number of hydrogen-bond acceptors (Lipinski definition) is 2. The molecule has 2 rings (SSSR count). The molecule has 0 aromatic heterocycles. The largest absolute Gasteiger partial charge is 0.487 e. The van der Waals surface area contributed by atoms with Crippen molar-refractivity contribution < 1.29 is 9.47 Å². The summed E-state index contributed by atoms with van der Waals surface area (Å²) in [5, 5.41) is 0.693. The van der Waals surface area contributed by atoms with Gasteiger partial charge in [0.15, 0.2) is 0 Å². The molecule has 1 aromatic rings. The molecule has 0 bridgehead atoms. The quantitative estimate of drug-likeness (QED) is 0.792. The van der Waals surface area contributed by atoms with Crippen LogP contribution in [-0.2, 0) is 4.74 Å². The monoisotopic (exact) mass is 254 g/mol. The molecule has 0 saturated carbocycles. The van der Waals surface area contributed by atoms with E-state index < -0.39 is 0 Å². The van der Waals surface area contributed by atoms with Gasteiger partial charge in [-0.25, -0.2) is 0 Å². The highest BCUT2D eigenvalue weighted by atomic mass is 35.5. The van der Waals surface area contributed by atoms with E-state index in [-0.39, 0.29) is 17.3 Å². The van der Waals surface area contributed by atoms with Crippen LogP contribution in [0.2, 0.25) is 5.02 Å². The van der Waals surface area contributed by atoms with Crippen LogP contribution < -0.4 is 4.74 Å². The van der Waals surface area contributed by atoms with E-state index in [0.29, 0.717) is 5.02 Å². The van der Waals surface area contributed by atoms with Gasteiger partial charge in [-0.1, -0.05) is 17.7 Å². The number of hydrogen-bond donors (Lipinski definition) is 0. The number of halogens is 1. The Hall–Kier alpha value is -0.730. The molecule has 0 aliphatic carbocycles. The third-order valence-electron chi connectivity index (χ3n) is 3.07. The van der Waals surface area contributed by atoms with Crippen molar-refractivity contribution in [1.29, 1.82) is 0 Å². The first kappa shape index (κ1) is 12.7. The first-order valence-electron chi connectivity index (χ1n) is 5.91. The summed E-state index contributed by atoms with van der Waals surface area (Å²) < 4.78 is 12.0. The van der Waals surface area contributed by atoms with Gasteiger partial charge in [-0.3, -0.25) is 0 Å². The minimum atomic E-state index is -0.272. The topological polar surface area (TPSA) is 18.5 Å². The summed E-state index contributed by atoms with van der Waals surface area (Å²) in [6.45, 7) is 8.32. The third-order valence-corrected chi connectivity index (χ3v) is 3.30. The Labute approximate surface area is 108 Å². The lowest BCUT2D eigenvalue weighted by Crippen LogP contribution is -2.36. The van der Waals surface area contributed by atoms with Gasteiger partial charge in [0, 0.05) is 11.4 Å². The highest BCUT2D eigenvalue weighted by Crippen LogP contribution is 2.39. The maximum absolute atomic E-state index is 6.00. The van der Waals surface area contributed by atoms with Gasteiger partial charge < -0.3 is 9.47 Å². The molecule has 0 radical (unpaired) electrons. The predicted molar refractivity (Wildman–Crippen MR) is 69.7 cm³/mol. The van der Waals surface area contributed by atoms with E-state index >= 15 is 0 Å². The van der Waals surface area contributed by atoms with Gasteiger partial charge in [-0.2, -0.15) is 0 Å². The number of ether oxygens (including phenoxy) is 2. The average molecular weight is 255 g/mol. The van der Waals surface area contributed by atoms with Crippen LogP contribution in [0.1, 0.15) is 34.1 Å². The molecule has 1 unspecified atom stereocenters. The predicted octanol–water partition coefficient (Wildman–Crippen LogP) is 4.06. The summed E-state index contributed by atoms with van der Waals surface area (Å²) in [7, 11) is 0. The minimum absolute atomic E-state index is 0.0518. The lowest BCUT2D eigenvalue weighted by Gasteiger charge is -2.27. The van der Waals surface area contributed by atoms with Gasteiger partial charge in [0.2, 0.25) is 0 Å². The van der Waals surface area contributed by atoms with Gasteiger partial charge >= 0.3 is 0 Å². The Morgan fingerprint density at radius 3 is 2.53 bits per heavy atom. The van der Waals surface area contributed by atoms with Crippen molar-refractivity contribution >= 4 is 11.6 Å². The van der Waals surface area contributed by atoms with Gasteiger partial charge in [0.05, 0.1) is 5.60 Å². The molecule has 1 saturated heterocycles. The van der Waals surface area contributed by atoms with E-state index in [4.69, 9.17) is 21.1 Å². The van der Waals surface area contributed by atoms with Crippen LogP contribution in [0, 0.1) is 0 Å². The molecule has 94 valence electrons. The summed E-state index contributed by atoms with van der Waals surface area (Å²) >= 11 is 5.95. The molecule has 0 spiro atoms. The molecule has 1 aliphatic heterocycles. The molecule has 17 heavy (non-hydrogen) atoms. The minimum Gasteiger partial charge on any atom is -0.487 e. The van der Waals surface area contributed by atoms with Crippen molar-refractivity contribution in [2.24, 2.45) is 0 Å². The fraction of sp³-hybridized carbons (Fsp3) is 0.571. The van der Waals surface area contributed by atoms with Crippen LogP contribution in [0.5, 0.6) is 5.75 Å². The van der Waals surface area contributed by atoms with E-state index in [1.807, 2.05) is 24.3 Å². The Morgan fingerprint density at radius 2 is 2.00 bits per heavy atom. The fourth-order valence-electron chi connectivity index (χ4n) is 2.40. The second kappa shape index (κ2) is 4.18. The zero-order valence-corrected chi connectivity index (χ0v) is 11.5. The van der Waals surface area contributed by atoms with Crippen molar-refractivity contribution in [2.75, 3.05) is 0 Å². The Kier molecular flexibility index (Phi) is 3.13. The van der Waals surface area contributed by atoms with E-state index in [1.165, 1.54) is 0 Å². The van der Waals surface area contributed by atoms with Crippen molar-refractivity contribution in [3.05, 3.63) is 29.3 Å². The molecule has 0 N–H and O–H groups in total. The van der Waals surface area contributed by atoms with Crippen molar-refractivity contribution in [3.63, 3.8) is 0 Å². The Bertz CT molecular complexity index is 412. The molecule has 1 fully saturated rings. The molecule has 2 nitrogen and oxygen atoms in total. The van der Waals surface area contributed by atoms with Gasteiger partial charge in [0.1, 0.15) is 17.5 Å². The summed E-state index contributed by atoms with van der Waals surface area (Å²) in [5.74, 6) is 0.803. The van der Waals surface area contributed by atoms with Gasteiger partial charge in [-0.15, -0.1) is 0 Å². The first-order valence-corrected chi connectivity index (χ1v) is 6.29. The molecule has 0 amide bonds. The highest BCUT2D eigenvalue weighted by molar-refractivity contribution is 6.30. The number of rotatable bonds is 2. The van der Waals surface area contributed by atoms with E-state index in [1.54, 1.807) is 0 Å². The zero-order valence-electron chi connectivity index (χ0n) is 10.8. The maximum Gasteiger partial charge on any atom is 0.130 e. The van der Waals surface area contributed by atoms with E-state index in [9.17, 15) is 0 Å². The van der Waals surface area contributed by atoms with Crippen LogP contribution in [0.15, 0.2) is 24.3 Å². The van der Waals surface area contributed by atoms with Crippen LogP contribution >= 0.6 is 11.6 Å². The average Bonchev–Trinajstić information content (AvgIpc) is 2.34. The second-order valence-electron chi connectivity index (χ2n) is 5.73. The Morgan fingerprint density at radius 1 is 1.29 bits per heavy atom.